The molecule has 0 aromatic heterocycles. The second-order valence-electron chi connectivity index (χ2n) is 3.88. The van der Waals surface area contributed by atoms with E-state index in [1.807, 2.05) is 6.92 Å². The van der Waals surface area contributed by atoms with Gasteiger partial charge >= 0.3 is 0 Å². The van der Waals surface area contributed by atoms with E-state index in [9.17, 15) is 4.79 Å². The van der Waals surface area contributed by atoms with Crippen LogP contribution in [0, 0.1) is 5.92 Å². The first-order chi connectivity index (χ1) is 7.69. The average Bonchev–Trinajstić information content (AvgIpc) is 2.31. The number of amidine groups is 1. The largest absolute Gasteiger partial charge is 0.409 e. The smallest absolute Gasteiger partial charge is 0.231 e. The van der Waals surface area contributed by atoms with Gasteiger partial charge in [0.1, 0.15) is 0 Å². The van der Waals surface area contributed by atoms with E-state index in [1.165, 1.54) is 0 Å². The number of carbonyl (C=O) groups is 1. The first kappa shape index (κ1) is 12.8. The molecule has 1 atom stereocenters. The Hall–Kier alpha value is -1.30. The van der Waals surface area contributed by atoms with Crippen molar-refractivity contribution in [3.05, 3.63) is 0 Å². The molecule has 0 aromatic carbocycles. The lowest BCUT2D eigenvalue weighted by Gasteiger charge is -2.25. The van der Waals surface area contributed by atoms with Gasteiger partial charge < -0.3 is 21.0 Å². The molecule has 0 spiro atoms. The summed E-state index contributed by atoms with van der Waals surface area (Å²) in [7, 11) is 0. The molecular weight excluding hydrogens is 210 g/mol. The molecule has 6 nitrogen and oxygen atoms in total. The quantitative estimate of drug-likeness (QED) is 0.275. The minimum atomic E-state index is -0.548. The van der Waals surface area contributed by atoms with Crippen molar-refractivity contribution < 1.29 is 14.7 Å². The number of nitrogens with two attached hydrogens (primary N) is 1. The monoisotopic (exact) mass is 229 g/mol. The molecule has 1 amide bonds. The van der Waals surface area contributed by atoms with Gasteiger partial charge in [-0.05, 0) is 19.3 Å². The maximum absolute atomic E-state index is 11.8. The van der Waals surface area contributed by atoms with Crippen molar-refractivity contribution in [2.24, 2.45) is 16.8 Å². The third-order valence-electron chi connectivity index (χ3n) is 2.76. The van der Waals surface area contributed by atoms with Crippen molar-refractivity contribution in [1.82, 2.24) is 5.32 Å². The molecule has 1 aliphatic rings. The first-order valence-corrected chi connectivity index (χ1v) is 5.54. The van der Waals surface area contributed by atoms with Crippen LogP contribution in [0.5, 0.6) is 0 Å². The number of ether oxygens (including phenoxy) is 1. The third kappa shape index (κ3) is 3.37. The van der Waals surface area contributed by atoms with Crippen LogP contribution in [0.3, 0.4) is 0 Å². The molecule has 16 heavy (non-hydrogen) atoms. The molecule has 0 saturated carbocycles. The lowest BCUT2D eigenvalue weighted by atomic mass is 10.0. The van der Waals surface area contributed by atoms with Crippen molar-refractivity contribution in [2.45, 2.75) is 32.2 Å². The first-order valence-electron chi connectivity index (χ1n) is 5.54. The molecular formula is C10H19N3O3. The molecule has 0 radical (unpaired) electrons. The Balaban J connectivity index is 2.48. The zero-order valence-corrected chi connectivity index (χ0v) is 9.48. The van der Waals surface area contributed by atoms with Gasteiger partial charge in [-0.3, -0.25) is 4.79 Å². The van der Waals surface area contributed by atoms with E-state index in [0.29, 0.717) is 19.6 Å². The van der Waals surface area contributed by atoms with Crippen LogP contribution in [0.4, 0.5) is 0 Å². The van der Waals surface area contributed by atoms with E-state index in [2.05, 4.69) is 10.5 Å². The number of nitrogens with zero attached hydrogens (tertiary/aromatic N) is 1. The van der Waals surface area contributed by atoms with Crippen molar-refractivity contribution in [2.75, 3.05) is 13.2 Å². The molecule has 1 rings (SSSR count). The number of oxime groups is 1. The summed E-state index contributed by atoms with van der Waals surface area (Å²) in [6, 6.07) is 0.141. The normalized spacial score (nSPS) is 20.4. The fraction of sp³-hybridized carbons (Fsp3) is 0.800. The molecule has 0 aliphatic carbocycles. The molecule has 0 aromatic rings. The predicted molar refractivity (Wildman–Crippen MR) is 59.2 cm³/mol. The maximum Gasteiger partial charge on any atom is 0.231 e. The van der Waals surface area contributed by atoms with Crippen LogP contribution in [-0.2, 0) is 9.53 Å². The van der Waals surface area contributed by atoms with Crippen LogP contribution in [0.1, 0.15) is 26.2 Å². The number of carbonyl (C=O) groups excluding carboxylic acids is 1. The van der Waals surface area contributed by atoms with E-state index in [1.54, 1.807) is 0 Å². The Morgan fingerprint density at radius 2 is 2.25 bits per heavy atom. The summed E-state index contributed by atoms with van der Waals surface area (Å²) in [5, 5.41) is 14.3. The van der Waals surface area contributed by atoms with Crippen LogP contribution in [0.25, 0.3) is 0 Å². The molecule has 4 N–H and O–H groups in total. The standard InChI is InChI=1S/C10H19N3O3/c1-2-8(9(11)13-15)10(14)12-7-3-5-16-6-4-7/h7-8,15H,2-6H2,1H3,(H2,11,13)(H,12,14). The fourth-order valence-electron chi connectivity index (χ4n) is 1.74. The summed E-state index contributed by atoms with van der Waals surface area (Å²) < 4.78 is 5.20. The van der Waals surface area contributed by atoms with E-state index in [0.717, 1.165) is 12.8 Å². The molecule has 92 valence electrons. The maximum atomic E-state index is 11.8. The number of hydrogen-bond acceptors (Lipinski definition) is 4. The van der Waals surface area contributed by atoms with Gasteiger partial charge in [-0.25, -0.2) is 0 Å². The molecule has 0 bridgehead atoms. The highest BCUT2D eigenvalue weighted by molar-refractivity contribution is 6.02. The zero-order valence-electron chi connectivity index (χ0n) is 9.48. The van der Waals surface area contributed by atoms with Crippen LogP contribution < -0.4 is 11.1 Å². The molecule has 1 aliphatic heterocycles. The molecule has 1 heterocycles. The Morgan fingerprint density at radius 1 is 1.62 bits per heavy atom. The number of nitrogens with one attached hydrogen (secondary N) is 1. The summed E-state index contributed by atoms with van der Waals surface area (Å²) in [6.45, 7) is 3.17. The second-order valence-corrected chi connectivity index (χ2v) is 3.88. The fourth-order valence-corrected chi connectivity index (χ4v) is 1.74. The topological polar surface area (TPSA) is 96.9 Å². The Labute approximate surface area is 94.8 Å². The van der Waals surface area contributed by atoms with E-state index >= 15 is 0 Å². The Bertz CT molecular complexity index is 262. The highest BCUT2D eigenvalue weighted by Crippen LogP contribution is 2.09. The SMILES string of the molecule is CCC(C(=O)NC1CCOCC1)C(N)=NO. The van der Waals surface area contributed by atoms with Gasteiger partial charge in [-0.2, -0.15) is 0 Å². The van der Waals surface area contributed by atoms with E-state index in [-0.39, 0.29) is 17.8 Å². The summed E-state index contributed by atoms with van der Waals surface area (Å²) in [5.74, 6) is -0.760. The minimum Gasteiger partial charge on any atom is -0.409 e. The predicted octanol–water partition coefficient (Wildman–Crippen LogP) is 0.0542. The minimum absolute atomic E-state index is 0.0351. The molecule has 1 fully saturated rings. The summed E-state index contributed by atoms with van der Waals surface area (Å²) in [6.07, 6.45) is 2.15. The average molecular weight is 229 g/mol. The Kier molecular flexibility index (Phi) is 5.04. The number of rotatable bonds is 4. The van der Waals surface area contributed by atoms with Crippen LogP contribution in [0.2, 0.25) is 0 Å². The second kappa shape index (κ2) is 6.32. The third-order valence-corrected chi connectivity index (χ3v) is 2.76. The van der Waals surface area contributed by atoms with Crippen LogP contribution in [-0.4, -0.2) is 36.2 Å². The number of amides is 1. The van der Waals surface area contributed by atoms with Gasteiger partial charge in [0.25, 0.3) is 0 Å². The van der Waals surface area contributed by atoms with E-state index in [4.69, 9.17) is 15.7 Å². The van der Waals surface area contributed by atoms with Crippen LogP contribution in [0.15, 0.2) is 5.16 Å². The molecule has 6 heteroatoms. The van der Waals surface area contributed by atoms with Crippen molar-refractivity contribution in [1.29, 1.82) is 0 Å². The van der Waals surface area contributed by atoms with Gasteiger partial charge in [-0.1, -0.05) is 12.1 Å². The van der Waals surface area contributed by atoms with Gasteiger partial charge in [0.15, 0.2) is 5.84 Å². The van der Waals surface area contributed by atoms with Gasteiger partial charge in [0.05, 0.1) is 5.92 Å². The van der Waals surface area contributed by atoms with E-state index < -0.39 is 5.92 Å². The molecule has 1 saturated heterocycles. The summed E-state index contributed by atoms with van der Waals surface area (Å²) in [4.78, 5) is 11.8. The van der Waals surface area contributed by atoms with Gasteiger partial charge in [0, 0.05) is 19.3 Å². The molecule has 1 unspecified atom stereocenters. The van der Waals surface area contributed by atoms with Gasteiger partial charge in [-0.15, -0.1) is 0 Å². The van der Waals surface area contributed by atoms with Crippen LogP contribution >= 0.6 is 0 Å². The zero-order chi connectivity index (χ0) is 12.0. The van der Waals surface area contributed by atoms with Gasteiger partial charge in [0.2, 0.25) is 5.91 Å². The highest BCUT2D eigenvalue weighted by atomic mass is 16.5. The highest BCUT2D eigenvalue weighted by Gasteiger charge is 2.24. The number of hydrogen-bond donors (Lipinski definition) is 3. The Morgan fingerprint density at radius 3 is 2.75 bits per heavy atom. The summed E-state index contributed by atoms with van der Waals surface area (Å²) >= 11 is 0. The van der Waals surface area contributed by atoms with Crippen molar-refractivity contribution in [3.8, 4) is 0 Å². The van der Waals surface area contributed by atoms with Crippen molar-refractivity contribution >= 4 is 11.7 Å². The lowest BCUT2D eigenvalue weighted by molar-refractivity contribution is -0.124. The summed E-state index contributed by atoms with van der Waals surface area (Å²) in [5.41, 5.74) is 5.45. The van der Waals surface area contributed by atoms with Crippen molar-refractivity contribution in [3.63, 3.8) is 0 Å². The lowest BCUT2D eigenvalue weighted by Crippen LogP contribution is -2.45.